The van der Waals surface area contributed by atoms with Crippen LogP contribution < -0.4 is 0 Å². The average molecular weight is 673 g/mol. The number of carbonyl (C=O) groups is 4. The predicted molar refractivity (Wildman–Crippen MR) is 184 cm³/mol. The number of hydrogen-bond donors (Lipinski definition) is 5. The summed E-state index contributed by atoms with van der Waals surface area (Å²) >= 11 is 0. The van der Waals surface area contributed by atoms with Gasteiger partial charge in [-0.3, -0.25) is 19.2 Å². The molecule has 0 saturated heterocycles. The molecule has 2 aromatic carbocycles. The van der Waals surface area contributed by atoms with Crippen LogP contribution in [-0.2, 0) is 32.6 Å². The minimum absolute atomic E-state index is 0.105. The van der Waals surface area contributed by atoms with E-state index >= 15 is 0 Å². The van der Waals surface area contributed by atoms with E-state index in [4.69, 9.17) is 0 Å². The van der Waals surface area contributed by atoms with Gasteiger partial charge in [0.25, 0.3) is 0 Å². The fraction of sp³-hybridized carbons (Fsp3) is 0.500. The van der Waals surface area contributed by atoms with E-state index < -0.39 is 86.1 Å². The molecule has 0 fully saturated rings. The maximum absolute atomic E-state index is 14.5. The average Bonchev–Trinajstić information content (AvgIpc) is 2.98. The zero-order valence-electron chi connectivity index (χ0n) is 30.0. The summed E-state index contributed by atoms with van der Waals surface area (Å²) in [5, 5.41) is 59.5. The summed E-state index contributed by atoms with van der Waals surface area (Å²) in [5.74, 6) is -7.80. The molecule has 2 aromatic rings. The number of Topliss-reactive ketones (excluding diaryl/α,β-unsaturated/α-hetero) is 4. The van der Waals surface area contributed by atoms with Crippen LogP contribution >= 0.6 is 0 Å². The molecule has 6 atom stereocenters. The molecule has 49 heavy (non-hydrogen) atoms. The van der Waals surface area contributed by atoms with Gasteiger partial charge in [0.15, 0.2) is 17.2 Å². The molecule has 0 bridgehead atoms. The Morgan fingerprint density at radius 1 is 0.959 bits per heavy atom. The standard InChI is InChI=1S/C40H48O9/c1-18(2)29-32(44)27(21(5)41)34(46)40(49)35(47)30-33(45)28-25(20(4)38(30,9)36(48)39(29,40)10)14-13-23(31(28)43)17-24(42)16-22-12-11-19(3)15-26(22)37(6,7)8/h11-15,18,20,29,36,43-44,47-49H,16-17H2,1-10H3/t20-,29?,36-,38+,39+,40+/m1/s1. The lowest BCUT2D eigenvalue weighted by Crippen LogP contribution is -2.73. The van der Waals surface area contributed by atoms with Crippen LogP contribution in [0.15, 0.2) is 53.0 Å². The Kier molecular flexibility index (Phi) is 8.49. The highest BCUT2D eigenvalue weighted by Gasteiger charge is 2.76. The van der Waals surface area contributed by atoms with Crippen LogP contribution in [0.2, 0.25) is 0 Å². The van der Waals surface area contributed by atoms with Crippen LogP contribution in [0.1, 0.15) is 106 Å². The van der Waals surface area contributed by atoms with Crippen molar-refractivity contribution in [2.75, 3.05) is 0 Å². The molecule has 3 aliphatic rings. The first-order valence-electron chi connectivity index (χ1n) is 16.8. The van der Waals surface area contributed by atoms with Crippen molar-refractivity contribution < 1.29 is 44.7 Å². The summed E-state index contributed by atoms with van der Waals surface area (Å²) in [6.07, 6.45) is -1.79. The molecule has 5 rings (SSSR count). The van der Waals surface area contributed by atoms with Gasteiger partial charge in [0.2, 0.25) is 5.78 Å². The van der Waals surface area contributed by atoms with Crippen molar-refractivity contribution in [1.82, 2.24) is 0 Å². The van der Waals surface area contributed by atoms with Crippen molar-refractivity contribution >= 4 is 23.1 Å². The second-order valence-electron chi connectivity index (χ2n) is 16.2. The zero-order chi connectivity index (χ0) is 36.9. The molecule has 0 aliphatic heterocycles. The molecule has 5 N–H and O–H groups in total. The molecular weight excluding hydrogens is 624 g/mol. The van der Waals surface area contributed by atoms with Gasteiger partial charge in [0.1, 0.15) is 28.6 Å². The molecule has 262 valence electrons. The first-order chi connectivity index (χ1) is 22.5. The van der Waals surface area contributed by atoms with Crippen molar-refractivity contribution in [1.29, 1.82) is 0 Å². The molecule has 0 heterocycles. The Hall–Kier alpha value is -4.08. The van der Waals surface area contributed by atoms with Crippen LogP contribution in [-0.4, -0.2) is 60.4 Å². The number of carbonyl (C=O) groups excluding carboxylic acids is 4. The smallest absolute Gasteiger partial charge is 0.209 e. The first-order valence-corrected chi connectivity index (χ1v) is 16.8. The molecule has 0 radical (unpaired) electrons. The number of rotatable bonds is 6. The Morgan fingerprint density at radius 2 is 1.53 bits per heavy atom. The van der Waals surface area contributed by atoms with Crippen LogP contribution in [0, 0.1) is 29.6 Å². The highest BCUT2D eigenvalue weighted by molar-refractivity contribution is 6.25. The lowest BCUT2D eigenvalue weighted by Gasteiger charge is -2.63. The molecule has 3 aliphatic carbocycles. The minimum Gasteiger partial charge on any atom is -0.511 e. The van der Waals surface area contributed by atoms with E-state index in [1.54, 1.807) is 39.8 Å². The Labute approximate surface area is 287 Å². The number of benzene rings is 2. The molecule has 0 saturated carbocycles. The molecule has 0 aromatic heterocycles. The number of fused-ring (bicyclic) bond motifs is 3. The molecule has 0 spiro atoms. The fourth-order valence-corrected chi connectivity index (χ4v) is 9.16. The van der Waals surface area contributed by atoms with Gasteiger partial charge in [-0.25, -0.2) is 0 Å². The number of aliphatic hydroxyl groups excluding tert-OH is 3. The van der Waals surface area contributed by atoms with Gasteiger partial charge in [0, 0.05) is 35.2 Å². The van der Waals surface area contributed by atoms with Gasteiger partial charge in [-0.2, -0.15) is 0 Å². The van der Waals surface area contributed by atoms with Gasteiger partial charge in [-0.15, -0.1) is 0 Å². The van der Waals surface area contributed by atoms with E-state index in [-0.39, 0.29) is 35.2 Å². The monoisotopic (exact) mass is 672 g/mol. The van der Waals surface area contributed by atoms with Gasteiger partial charge in [0.05, 0.1) is 17.2 Å². The van der Waals surface area contributed by atoms with Gasteiger partial charge in [-0.05, 0) is 47.8 Å². The van der Waals surface area contributed by atoms with E-state index in [1.165, 1.54) is 6.92 Å². The summed E-state index contributed by atoms with van der Waals surface area (Å²) in [6, 6.07) is 9.14. The summed E-state index contributed by atoms with van der Waals surface area (Å²) in [6.45, 7) is 17.3. The lowest BCUT2D eigenvalue weighted by molar-refractivity contribution is -0.211. The number of aliphatic hydroxyl groups is 4. The number of phenolic OH excluding ortho intramolecular Hbond substituents is 1. The quantitative estimate of drug-likeness (QED) is 0.237. The predicted octanol–water partition coefficient (Wildman–Crippen LogP) is 5.84. The number of aromatic hydroxyl groups is 1. The summed E-state index contributed by atoms with van der Waals surface area (Å²) in [4.78, 5) is 54.6. The topological polar surface area (TPSA) is 169 Å². The summed E-state index contributed by atoms with van der Waals surface area (Å²) < 4.78 is 0. The van der Waals surface area contributed by atoms with E-state index in [1.807, 2.05) is 19.1 Å². The maximum atomic E-state index is 14.5. The number of hydrogen-bond acceptors (Lipinski definition) is 9. The van der Waals surface area contributed by atoms with E-state index in [2.05, 4.69) is 26.8 Å². The van der Waals surface area contributed by atoms with Crippen LogP contribution in [0.25, 0.3) is 0 Å². The molecule has 9 heteroatoms. The Bertz CT molecular complexity index is 1890. The number of aryl methyl sites for hydroxylation is 1. The van der Waals surface area contributed by atoms with Gasteiger partial charge >= 0.3 is 0 Å². The third kappa shape index (κ3) is 4.79. The third-order valence-corrected chi connectivity index (χ3v) is 11.8. The first kappa shape index (κ1) is 36.2. The largest absolute Gasteiger partial charge is 0.511 e. The van der Waals surface area contributed by atoms with Crippen molar-refractivity contribution in [2.24, 2.45) is 22.7 Å². The SMILES string of the molecule is CC(=O)C1=C(O)C(C(C)C)[C@@]2(C)[C@H](O)[C@]3(C)C(=C(O)[C@@]2(O)C1=O)C(=O)c1c(ccc(CC(=O)Cc2ccc(C)cc2C(C)(C)C)c1O)[C@H]3C. The van der Waals surface area contributed by atoms with Gasteiger partial charge in [-0.1, -0.05) is 91.3 Å². The molecule has 1 unspecified atom stereocenters. The number of allylic oxidation sites excluding steroid dienone is 1. The van der Waals surface area contributed by atoms with Crippen molar-refractivity contribution in [3.05, 3.63) is 86.4 Å². The second-order valence-corrected chi connectivity index (χ2v) is 16.2. The van der Waals surface area contributed by atoms with Crippen LogP contribution in [0.5, 0.6) is 5.75 Å². The fourth-order valence-electron chi connectivity index (χ4n) is 9.16. The van der Waals surface area contributed by atoms with E-state index in [9.17, 15) is 44.7 Å². The van der Waals surface area contributed by atoms with Crippen molar-refractivity contribution in [3.8, 4) is 5.75 Å². The zero-order valence-corrected chi connectivity index (χ0v) is 30.0. The lowest BCUT2D eigenvalue weighted by atomic mass is 9.41. The normalized spacial score (nSPS) is 29.9. The number of ketones is 4. The molecule has 0 amide bonds. The minimum atomic E-state index is -2.96. The van der Waals surface area contributed by atoms with Gasteiger partial charge < -0.3 is 25.5 Å². The van der Waals surface area contributed by atoms with E-state index in [0.29, 0.717) is 5.56 Å². The number of phenols is 1. The van der Waals surface area contributed by atoms with Crippen LogP contribution in [0.4, 0.5) is 0 Å². The Balaban J connectivity index is 1.65. The Morgan fingerprint density at radius 3 is 2.08 bits per heavy atom. The molecule has 9 nitrogen and oxygen atoms in total. The summed E-state index contributed by atoms with van der Waals surface area (Å²) in [7, 11) is 0. The van der Waals surface area contributed by atoms with Crippen molar-refractivity contribution in [3.63, 3.8) is 0 Å². The summed E-state index contributed by atoms with van der Waals surface area (Å²) in [5.41, 5.74) is -4.61. The highest BCUT2D eigenvalue weighted by Crippen LogP contribution is 2.67. The van der Waals surface area contributed by atoms with Crippen LogP contribution in [0.3, 0.4) is 0 Å². The van der Waals surface area contributed by atoms with Crippen molar-refractivity contribution in [2.45, 2.75) is 105 Å². The third-order valence-electron chi connectivity index (χ3n) is 11.8. The van der Waals surface area contributed by atoms with E-state index in [0.717, 1.165) is 23.6 Å². The maximum Gasteiger partial charge on any atom is 0.209 e. The molecular formula is C40H48O9. The highest BCUT2D eigenvalue weighted by atomic mass is 16.4. The second kappa shape index (κ2) is 11.5.